The minimum absolute atomic E-state index is 0. The molecule has 27 heavy (non-hydrogen) atoms. The summed E-state index contributed by atoms with van der Waals surface area (Å²) in [6, 6.07) is 0. The minimum atomic E-state index is 0. The summed E-state index contributed by atoms with van der Waals surface area (Å²) < 4.78 is 5.41. The molecule has 2 N–H and O–H groups in total. The first-order valence-electron chi connectivity index (χ1n) is 10.7. The van der Waals surface area contributed by atoms with E-state index in [1.807, 2.05) is 0 Å². The zero-order chi connectivity index (χ0) is 18.5. The lowest BCUT2D eigenvalue weighted by Crippen LogP contribution is -2.55. The fraction of sp³-hybridized carbons (Fsp3) is 0.950. The lowest BCUT2D eigenvalue weighted by Gasteiger charge is -2.47. The molecule has 0 bridgehead atoms. The molecule has 0 aromatic rings. The summed E-state index contributed by atoms with van der Waals surface area (Å²) in [5.41, 5.74) is 0.302. The van der Waals surface area contributed by atoms with Crippen LogP contribution in [-0.2, 0) is 4.74 Å². The maximum atomic E-state index is 5.41. The van der Waals surface area contributed by atoms with Crippen LogP contribution < -0.4 is 10.6 Å². The van der Waals surface area contributed by atoms with E-state index >= 15 is 0 Å². The van der Waals surface area contributed by atoms with E-state index in [0.717, 1.165) is 51.6 Å². The van der Waals surface area contributed by atoms with Crippen molar-refractivity contribution in [1.82, 2.24) is 15.5 Å². The fourth-order valence-electron chi connectivity index (χ4n) is 4.07. The monoisotopic (exact) mass is 512 g/mol. The molecule has 0 aromatic carbocycles. The van der Waals surface area contributed by atoms with Gasteiger partial charge in [0.15, 0.2) is 5.96 Å². The first kappa shape index (κ1) is 25.3. The number of nitrogens with one attached hydrogen (secondary N) is 2. The van der Waals surface area contributed by atoms with Crippen molar-refractivity contribution in [2.24, 2.45) is 4.99 Å². The predicted octanol–water partition coefficient (Wildman–Crippen LogP) is 3.73. The van der Waals surface area contributed by atoms with Gasteiger partial charge in [-0.1, -0.05) is 19.3 Å². The maximum Gasteiger partial charge on any atom is 0.191 e. The van der Waals surface area contributed by atoms with Crippen molar-refractivity contribution in [3.8, 4) is 0 Å². The normalized spacial score (nSPS) is 20.7. The first-order chi connectivity index (χ1) is 12.8. The van der Waals surface area contributed by atoms with E-state index in [1.165, 1.54) is 56.7 Å². The summed E-state index contributed by atoms with van der Waals surface area (Å²) in [4.78, 5) is 7.79. The van der Waals surface area contributed by atoms with E-state index in [0.29, 0.717) is 5.54 Å². The third-order valence-corrected chi connectivity index (χ3v) is 6.50. The molecule has 0 unspecified atom stereocenters. The van der Waals surface area contributed by atoms with E-state index in [-0.39, 0.29) is 24.0 Å². The number of unbranched alkanes of at least 4 members (excludes halogenated alkanes) is 1. The molecule has 2 aliphatic rings. The van der Waals surface area contributed by atoms with Crippen LogP contribution in [0.25, 0.3) is 0 Å². The van der Waals surface area contributed by atoms with Gasteiger partial charge in [-0.05, 0) is 39.5 Å². The minimum Gasteiger partial charge on any atom is -0.382 e. The number of hydrogen-bond acceptors (Lipinski definition) is 4. The number of ether oxygens (including phenoxy) is 1. The molecule has 1 aliphatic carbocycles. The second kappa shape index (κ2) is 15.2. The van der Waals surface area contributed by atoms with Crippen molar-refractivity contribution in [3.05, 3.63) is 0 Å². The second-order valence-electron chi connectivity index (χ2n) is 7.41. The van der Waals surface area contributed by atoms with Gasteiger partial charge < -0.3 is 15.4 Å². The van der Waals surface area contributed by atoms with Crippen LogP contribution in [0.15, 0.2) is 4.99 Å². The van der Waals surface area contributed by atoms with Gasteiger partial charge in [-0.15, -0.1) is 24.0 Å². The summed E-state index contributed by atoms with van der Waals surface area (Å²) in [5.74, 6) is 3.55. The molecule has 2 fully saturated rings. The van der Waals surface area contributed by atoms with Gasteiger partial charge >= 0.3 is 0 Å². The van der Waals surface area contributed by atoms with E-state index < -0.39 is 0 Å². The zero-order valence-corrected chi connectivity index (χ0v) is 20.6. The highest BCUT2D eigenvalue weighted by Crippen LogP contribution is 2.35. The molecular weight excluding hydrogens is 471 g/mol. The van der Waals surface area contributed by atoms with Gasteiger partial charge in [0, 0.05) is 56.4 Å². The molecule has 0 atom stereocenters. The molecule has 0 radical (unpaired) electrons. The van der Waals surface area contributed by atoms with Gasteiger partial charge in [0.25, 0.3) is 0 Å². The van der Waals surface area contributed by atoms with E-state index in [1.54, 1.807) is 0 Å². The van der Waals surface area contributed by atoms with E-state index in [9.17, 15) is 0 Å². The Morgan fingerprint density at radius 1 is 1.07 bits per heavy atom. The van der Waals surface area contributed by atoms with Gasteiger partial charge in [-0.25, -0.2) is 0 Å². The Kier molecular flexibility index (Phi) is 14.2. The summed E-state index contributed by atoms with van der Waals surface area (Å²) in [6.45, 7) is 11.2. The largest absolute Gasteiger partial charge is 0.382 e. The topological polar surface area (TPSA) is 48.9 Å². The number of rotatable bonds is 10. The highest BCUT2D eigenvalue weighted by molar-refractivity contribution is 14.0. The standard InChI is InChI=1S/C20H40N4OS.HI/c1-3-21-19(22-12-8-9-15-25-4-2)23-18-20(10-6-5-7-11-20)24-13-16-26-17-14-24;/h3-18H2,1-2H3,(H2,21,22,23);1H. The van der Waals surface area contributed by atoms with Crippen molar-refractivity contribution in [2.45, 2.75) is 64.3 Å². The van der Waals surface area contributed by atoms with Crippen LogP contribution >= 0.6 is 35.7 Å². The smallest absolute Gasteiger partial charge is 0.191 e. The maximum absolute atomic E-state index is 5.41. The summed E-state index contributed by atoms with van der Waals surface area (Å²) in [6.07, 6.45) is 8.98. The predicted molar refractivity (Wildman–Crippen MR) is 130 cm³/mol. The Balaban J connectivity index is 0.00000364. The van der Waals surface area contributed by atoms with Gasteiger partial charge in [0.05, 0.1) is 6.54 Å². The van der Waals surface area contributed by atoms with Crippen molar-refractivity contribution in [2.75, 3.05) is 57.4 Å². The Morgan fingerprint density at radius 3 is 2.48 bits per heavy atom. The average Bonchev–Trinajstić information content (AvgIpc) is 2.70. The van der Waals surface area contributed by atoms with Crippen LogP contribution in [-0.4, -0.2) is 73.8 Å². The van der Waals surface area contributed by atoms with Crippen molar-refractivity contribution >= 4 is 41.7 Å². The first-order valence-corrected chi connectivity index (χ1v) is 11.9. The number of guanidine groups is 1. The molecule has 1 saturated heterocycles. The Morgan fingerprint density at radius 2 is 1.81 bits per heavy atom. The van der Waals surface area contributed by atoms with Crippen LogP contribution in [0.2, 0.25) is 0 Å². The molecule has 1 saturated carbocycles. The highest BCUT2D eigenvalue weighted by Gasteiger charge is 2.38. The molecule has 0 aromatic heterocycles. The number of hydrogen-bond donors (Lipinski definition) is 2. The summed E-state index contributed by atoms with van der Waals surface area (Å²) >= 11 is 2.10. The Hall–Kier alpha value is 0.270. The Bertz CT molecular complexity index is 399. The number of halogens is 1. The molecule has 1 heterocycles. The Labute approximate surface area is 188 Å². The SMILES string of the molecule is CCNC(=NCC1(N2CCSCC2)CCCCC1)NCCCCOCC.I. The quantitative estimate of drug-likeness (QED) is 0.202. The molecule has 5 nitrogen and oxygen atoms in total. The van der Waals surface area contributed by atoms with Crippen LogP contribution in [0, 0.1) is 0 Å². The average molecular weight is 513 g/mol. The van der Waals surface area contributed by atoms with Crippen molar-refractivity contribution < 1.29 is 4.74 Å². The van der Waals surface area contributed by atoms with Crippen LogP contribution in [0.4, 0.5) is 0 Å². The molecular formula is C20H41IN4OS. The van der Waals surface area contributed by atoms with Crippen LogP contribution in [0.1, 0.15) is 58.8 Å². The van der Waals surface area contributed by atoms with Gasteiger partial charge in [-0.2, -0.15) is 11.8 Å². The number of nitrogens with zero attached hydrogens (tertiary/aromatic N) is 2. The second-order valence-corrected chi connectivity index (χ2v) is 8.64. The molecule has 1 aliphatic heterocycles. The van der Waals surface area contributed by atoms with Crippen LogP contribution in [0.3, 0.4) is 0 Å². The molecule has 0 amide bonds. The zero-order valence-electron chi connectivity index (χ0n) is 17.4. The molecule has 2 rings (SSSR count). The molecule has 0 spiro atoms. The van der Waals surface area contributed by atoms with Crippen molar-refractivity contribution in [3.63, 3.8) is 0 Å². The van der Waals surface area contributed by atoms with E-state index in [4.69, 9.17) is 9.73 Å². The lowest BCUT2D eigenvalue weighted by molar-refractivity contribution is 0.0672. The van der Waals surface area contributed by atoms with E-state index in [2.05, 4.69) is 41.1 Å². The number of aliphatic imine (C=N–C) groups is 1. The van der Waals surface area contributed by atoms with Crippen LogP contribution in [0.5, 0.6) is 0 Å². The summed E-state index contributed by atoms with van der Waals surface area (Å²) in [5, 5.41) is 6.95. The fourth-order valence-corrected chi connectivity index (χ4v) is 4.97. The molecule has 160 valence electrons. The lowest BCUT2D eigenvalue weighted by atomic mass is 9.80. The highest BCUT2D eigenvalue weighted by atomic mass is 127. The van der Waals surface area contributed by atoms with Gasteiger partial charge in [0.1, 0.15) is 0 Å². The third kappa shape index (κ3) is 9.09. The van der Waals surface area contributed by atoms with Crippen molar-refractivity contribution in [1.29, 1.82) is 0 Å². The third-order valence-electron chi connectivity index (χ3n) is 5.55. The van der Waals surface area contributed by atoms with Gasteiger partial charge in [-0.3, -0.25) is 9.89 Å². The summed E-state index contributed by atoms with van der Waals surface area (Å²) in [7, 11) is 0. The van der Waals surface area contributed by atoms with Gasteiger partial charge in [0.2, 0.25) is 0 Å². The molecule has 7 heteroatoms. The number of thioether (sulfide) groups is 1.